The molecule has 1 rings (SSSR count). The van der Waals surface area contributed by atoms with Gasteiger partial charge >= 0.3 is 5.69 Å². The Balaban J connectivity index is 0.000000561. The number of benzene rings is 1. The Bertz CT molecular complexity index is 264. The zero-order chi connectivity index (χ0) is 9.56. The number of para-hydroxylation sites is 2. The summed E-state index contributed by atoms with van der Waals surface area (Å²) in [6, 6.07) is 5.55. The summed E-state index contributed by atoms with van der Waals surface area (Å²) in [7, 11) is 0. The summed E-state index contributed by atoms with van der Waals surface area (Å²) in [4.78, 5) is 9.44. The predicted molar refractivity (Wildman–Crippen MR) is 43.1 cm³/mol. The van der Waals surface area contributed by atoms with Gasteiger partial charge in [-0.1, -0.05) is 12.1 Å². The summed E-state index contributed by atoms with van der Waals surface area (Å²) in [6.07, 6.45) is 0. The van der Waals surface area contributed by atoms with Gasteiger partial charge in [-0.3, -0.25) is 21.8 Å². The minimum Gasteiger partial charge on any atom is -0.502 e. The fourth-order valence-corrected chi connectivity index (χ4v) is 0.619. The van der Waals surface area contributed by atoms with Crippen LogP contribution in [-0.4, -0.2) is 10.0 Å². The van der Waals surface area contributed by atoms with E-state index < -0.39 is 4.92 Å². The smallest absolute Gasteiger partial charge is 0.310 e. The molecule has 5 N–H and O–H groups in total. The van der Waals surface area contributed by atoms with E-state index >= 15 is 0 Å². The van der Waals surface area contributed by atoms with Crippen LogP contribution in [0, 0.1) is 10.1 Å². The van der Waals surface area contributed by atoms with Crippen molar-refractivity contribution < 1.29 is 10.0 Å². The lowest BCUT2D eigenvalue weighted by Crippen LogP contribution is -2.02. The average molecular weight is 171 g/mol. The highest BCUT2D eigenvalue weighted by Crippen LogP contribution is 2.23. The molecule has 0 atom stereocenters. The molecule has 12 heavy (non-hydrogen) atoms. The molecule has 0 unspecified atom stereocenters. The summed E-state index contributed by atoms with van der Waals surface area (Å²) in [5, 5.41) is 18.9. The molecule has 0 fully saturated rings. The van der Waals surface area contributed by atoms with Gasteiger partial charge in [0, 0.05) is 6.07 Å². The van der Waals surface area contributed by atoms with Gasteiger partial charge in [-0.05, 0) is 6.07 Å². The van der Waals surface area contributed by atoms with Gasteiger partial charge in [-0.15, -0.1) is 0 Å². The summed E-state index contributed by atoms with van der Waals surface area (Å²) in [5.41, 5.74) is -0.262. The molecule has 0 spiro atoms. The molecule has 6 heteroatoms. The Hall–Kier alpha value is -1.66. The predicted octanol–water partition coefficient (Wildman–Crippen LogP) is 0.119. The van der Waals surface area contributed by atoms with Crippen molar-refractivity contribution in [3.05, 3.63) is 34.4 Å². The first-order valence-corrected chi connectivity index (χ1v) is 2.97. The number of nitro benzene ring substituents is 1. The van der Waals surface area contributed by atoms with Gasteiger partial charge in [0.1, 0.15) is 0 Å². The fourth-order valence-electron chi connectivity index (χ4n) is 0.619. The SMILES string of the molecule is NN.O=[N+]([O-])c1ccccc1O. The van der Waals surface area contributed by atoms with Crippen molar-refractivity contribution in [2.45, 2.75) is 0 Å². The highest BCUT2D eigenvalue weighted by Gasteiger charge is 2.09. The molecule has 0 saturated heterocycles. The van der Waals surface area contributed by atoms with Crippen molar-refractivity contribution in [2.75, 3.05) is 0 Å². The lowest BCUT2D eigenvalue weighted by atomic mass is 10.3. The number of phenolic OH excluding ortho intramolecular Hbond substituents is 1. The normalized spacial score (nSPS) is 8.17. The molecule has 1 aromatic carbocycles. The molecule has 0 bridgehead atoms. The van der Waals surface area contributed by atoms with Crippen molar-refractivity contribution in [1.29, 1.82) is 0 Å². The molecule has 0 amide bonds. The van der Waals surface area contributed by atoms with Crippen LogP contribution in [0.5, 0.6) is 5.75 Å². The van der Waals surface area contributed by atoms with E-state index in [9.17, 15) is 10.1 Å². The Labute approximate surface area is 68.5 Å². The van der Waals surface area contributed by atoms with Crippen LogP contribution in [-0.2, 0) is 0 Å². The first kappa shape index (κ1) is 10.3. The van der Waals surface area contributed by atoms with Crippen LogP contribution in [0.25, 0.3) is 0 Å². The molecule has 0 aliphatic heterocycles. The summed E-state index contributed by atoms with van der Waals surface area (Å²) < 4.78 is 0. The lowest BCUT2D eigenvalue weighted by Gasteiger charge is -1.91. The number of nitro groups is 1. The minimum absolute atomic E-state index is 0.262. The number of nitrogens with two attached hydrogens (primary N) is 2. The molecular formula is C6H9N3O3. The zero-order valence-electron chi connectivity index (χ0n) is 6.18. The number of hydrogen-bond acceptors (Lipinski definition) is 5. The molecular weight excluding hydrogens is 162 g/mol. The Morgan fingerprint density at radius 1 is 1.33 bits per heavy atom. The molecule has 0 saturated carbocycles. The van der Waals surface area contributed by atoms with Crippen LogP contribution in [0.4, 0.5) is 5.69 Å². The van der Waals surface area contributed by atoms with Crippen LogP contribution in [0.15, 0.2) is 24.3 Å². The van der Waals surface area contributed by atoms with Gasteiger partial charge in [-0.25, -0.2) is 0 Å². The number of rotatable bonds is 1. The number of aromatic hydroxyl groups is 1. The quantitative estimate of drug-likeness (QED) is 0.315. The topological polar surface area (TPSA) is 115 Å². The Morgan fingerprint density at radius 2 is 1.83 bits per heavy atom. The maximum atomic E-state index is 10.1. The maximum absolute atomic E-state index is 10.1. The van der Waals surface area contributed by atoms with Crippen LogP contribution in [0.2, 0.25) is 0 Å². The van der Waals surface area contributed by atoms with E-state index in [-0.39, 0.29) is 11.4 Å². The average Bonchev–Trinajstić information content (AvgIpc) is 2.08. The third-order valence-corrected chi connectivity index (χ3v) is 1.08. The Kier molecular flexibility index (Phi) is 4.35. The van der Waals surface area contributed by atoms with Crippen molar-refractivity contribution >= 4 is 5.69 Å². The first-order valence-electron chi connectivity index (χ1n) is 2.97. The lowest BCUT2D eigenvalue weighted by molar-refractivity contribution is -0.385. The highest BCUT2D eigenvalue weighted by molar-refractivity contribution is 5.44. The van der Waals surface area contributed by atoms with Crippen molar-refractivity contribution in [1.82, 2.24) is 0 Å². The van der Waals surface area contributed by atoms with Crippen molar-refractivity contribution in [2.24, 2.45) is 11.7 Å². The first-order chi connectivity index (χ1) is 5.72. The molecule has 0 aliphatic rings. The second kappa shape index (κ2) is 5.05. The van der Waals surface area contributed by atoms with Crippen LogP contribution in [0.3, 0.4) is 0 Å². The van der Waals surface area contributed by atoms with E-state index in [4.69, 9.17) is 5.11 Å². The van der Waals surface area contributed by atoms with Crippen molar-refractivity contribution in [3.63, 3.8) is 0 Å². The summed E-state index contributed by atoms with van der Waals surface area (Å²) in [6.45, 7) is 0. The second-order valence-electron chi connectivity index (χ2n) is 1.75. The van der Waals surface area contributed by atoms with E-state index in [0.717, 1.165) is 0 Å². The second-order valence-corrected chi connectivity index (χ2v) is 1.75. The van der Waals surface area contributed by atoms with Gasteiger partial charge in [0.2, 0.25) is 0 Å². The third-order valence-electron chi connectivity index (χ3n) is 1.08. The van der Waals surface area contributed by atoms with Crippen LogP contribution >= 0.6 is 0 Å². The van der Waals surface area contributed by atoms with Gasteiger partial charge in [0.25, 0.3) is 0 Å². The molecule has 0 aromatic heterocycles. The molecule has 0 heterocycles. The molecule has 66 valence electrons. The maximum Gasteiger partial charge on any atom is 0.310 e. The fraction of sp³-hybridized carbons (Fsp3) is 0. The number of nitrogens with zero attached hydrogens (tertiary/aromatic N) is 1. The Morgan fingerprint density at radius 3 is 2.17 bits per heavy atom. The number of hydrogen-bond donors (Lipinski definition) is 3. The van der Waals surface area contributed by atoms with E-state index in [1.54, 1.807) is 0 Å². The summed E-state index contributed by atoms with van der Waals surface area (Å²) in [5.74, 6) is 7.70. The zero-order valence-corrected chi connectivity index (χ0v) is 6.18. The van der Waals surface area contributed by atoms with Gasteiger partial charge in [-0.2, -0.15) is 0 Å². The highest BCUT2D eigenvalue weighted by atomic mass is 16.6. The van der Waals surface area contributed by atoms with Crippen molar-refractivity contribution in [3.8, 4) is 5.75 Å². The van der Waals surface area contributed by atoms with E-state index in [0.29, 0.717) is 0 Å². The van der Waals surface area contributed by atoms with E-state index in [1.807, 2.05) is 0 Å². The van der Waals surface area contributed by atoms with E-state index in [1.165, 1.54) is 24.3 Å². The molecule has 0 radical (unpaired) electrons. The van der Waals surface area contributed by atoms with Gasteiger partial charge < -0.3 is 5.11 Å². The van der Waals surface area contributed by atoms with Gasteiger partial charge in [0.05, 0.1) is 4.92 Å². The van der Waals surface area contributed by atoms with Gasteiger partial charge in [0.15, 0.2) is 5.75 Å². The standard InChI is InChI=1S/C6H5NO3.H4N2/c8-6-4-2-1-3-5(6)7(9)10;1-2/h1-4,8H;1-2H2. The van der Waals surface area contributed by atoms with Crippen LogP contribution < -0.4 is 11.7 Å². The van der Waals surface area contributed by atoms with E-state index in [2.05, 4.69) is 11.7 Å². The number of hydrazine groups is 1. The monoisotopic (exact) mass is 171 g/mol. The minimum atomic E-state index is -0.630. The largest absolute Gasteiger partial charge is 0.502 e. The number of phenols is 1. The molecule has 6 nitrogen and oxygen atoms in total. The summed E-state index contributed by atoms with van der Waals surface area (Å²) >= 11 is 0. The third kappa shape index (κ3) is 2.52. The molecule has 1 aromatic rings. The van der Waals surface area contributed by atoms with Crippen LogP contribution in [0.1, 0.15) is 0 Å². The molecule has 0 aliphatic carbocycles.